The molecule has 1 aliphatic carbocycles. The van der Waals surface area contributed by atoms with Crippen LogP contribution in [0.2, 0.25) is 0 Å². The van der Waals surface area contributed by atoms with E-state index in [-0.39, 0.29) is 10.6 Å². The van der Waals surface area contributed by atoms with E-state index in [9.17, 15) is 8.42 Å². The van der Waals surface area contributed by atoms with Gasteiger partial charge in [-0.3, -0.25) is 0 Å². The van der Waals surface area contributed by atoms with E-state index in [1.807, 2.05) is 6.07 Å². The van der Waals surface area contributed by atoms with Gasteiger partial charge < -0.3 is 20.5 Å². The Bertz CT molecular complexity index is 1010. The molecule has 2 aromatic rings. The van der Waals surface area contributed by atoms with Gasteiger partial charge in [0.1, 0.15) is 18.1 Å². The van der Waals surface area contributed by atoms with Gasteiger partial charge in [-0.15, -0.1) is 0 Å². The first-order valence-corrected chi connectivity index (χ1v) is 12.9. The van der Waals surface area contributed by atoms with Crippen LogP contribution in [0.4, 0.5) is 5.69 Å². The first-order chi connectivity index (χ1) is 15.5. The molecule has 1 fully saturated rings. The lowest BCUT2D eigenvalue weighted by Gasteiger charge is -2.19. The number of nitrogens with two attached hydrogens (primary N) is 1. The maximum atomic E-state index is 12.6. The lowest BCUT2D eigenvalue weighted by Crippen LogP contribution is -2.30. The number of para-hydroxylation sites is 1. The minimum Gasteiger partial charge on any atom is -0.486 e. The molecular weight excluding hydrogens is 426 g/mol. The fourth-order valence-electron chi connectivity index (χ4n) is 4.51. The molecule has 0 radical (unpaired) electrons. The number of nitrogen functional groups attached to an aromatic ring is 1. The molecule has 1 heterocycles. The molecule has 0 bridgehead atoms. The third-order valence-electron chi connectivity index (χ3n) is 6.35. The summed E-state index contributed by atoms with van der Waals surface area (Å²) in [4.78, 5) is 0.162. The van der Waals surface area contributed by atoms with E-state index in [0.717, 1.165) is 50.3 Å². The van der Waals surface area contributed by atoms with Crippen molar-refractivity contribution < 1.29 is 17.9 Å². The molecular formula is C24H33N3O4S. The highest BCUT2D eigenvalue weighted by molar-refractivity contribution is 7.89. The van der Waals surface area contributed by atoms with Crippen molar-refractivity contribution in [2.75, 3.05) is 32.0 Å². The normalized spacial score (nSPS) is 21.1. The summed E-state index contributed by atoms with van der Waals surface area (Å²) in [7, 11) is -3.57. The molecule has 2 aromatic carbocycles. The van der Waals surface area contributed by atoms with Crippen molar-refractivity contribution in [3.05, 3.63) is 48.0 Å². The van der Waals surface area contributed by atoms with E-state index in [4.69, 9.17) is 15.2 Å². The average Bonchev–Trinajstić information content (AvgIpc) is 3.03. The van der Waals surface area contributed by atoms with Crippen LogP contribution < -0.4 is 25.2 Å². The average molecular weight is 460 g/mol. The van der Waals surface area contributed by atoms with Gasteiger partial charge >= 0.3 is 0 Å². The molecule has 0 spiro atoms. The van der Waals surface area contributed by atoms with Crippen molar-refractivity contribution in [1.82, 2.24) is 10.0 Å². The van der Waals surface area contributed by atoms with Crippen molar-refractivity contribution >= 4 is 15.7 Å². The number of nitrogens with one attached hydrogen (secondary N) is 2. The molecule has 174 valence electrons. The van der Waals surface area contributed by atoms with Crippen LogP contribution in [0.1, 0.15) is 37.7 Å². The number of benzene rings is 2. The van der Waals surface area contributed by atoms with E-state index >= 15 is 0 Å². The van der Waals surface area contributed by atoms with Crippen molar-refractivity contribution in [2.24, 2.45) is 11.8 Å². The number of sulfonamides is 1. The maximum Gasteiger partial charge on any atom is 0.242 e. The Hall–Kier alpha value is -2.29. The largest absolute Gasteiger partial charge is 0.486 e. The highest BCUT2D eigenvalue weighted by Gasteiger charge is 2.22. The monoisotopic (exact) mass is 459 g/mol. The van der Waals surface area contributed by atoms with Gasteiger partial charge in [-0.1, -0.05) is 24.6 Å². The third-order valence-corrected chi connectivity index (χ3v) is 7.84. The second-order valence-corrected chi connectivity index (χ2v) is 10.5. The summed E-state index contributed by atoms with van der Waals surface area (Å²) in [5, 5.41) is 3.58. The molecule has 2 aliphatic rings. The van der Waals surface area contributed by atoms with Gasteiger partial charge in [0.15, 0.2) is 11.5 Å². The Kier molecular flexibility index (Phi) is 7.55. The summed E-state index contributed by atoms with van der Waals surface area (Å²) in [6, 6.07) is 12.7. The molecule has 1 saturated carbocycles. The smallest absolute Gasteiger partial charge is 0.242 e. The maximum absolute atomic E-state index is 12.6. The Balaban J connectivity index is 1.21. The number of anilines is 1. The molecule has 7 nitrogen and oxygen atoms in total. The zero-order valence-electron chi connectivity index (χ0n) is 18.4. The van der Waals surface area contributed by atoms with Gasteiger partial charge in [0, 0.05) is 13.1 Å². The molecule has 0 amide bonds. The third kappa shape index (κ3) is 5.94. The van der Waals surface area contributed by atoms with Gasteiger partial charge in [-0.25, -0.2) is 13.1 Å². The topological polar surface area (TPSA) is 103 Å². The lowest BCUT2D eigenvalue weighted by atomic mass is 9.98. The summed E-state index contributed by atoms with van der Waals surface area (Å²) in [6.45, 7) is 3.44. The standard InChI is InChI=1S/C24H33N3O4S/c25-21-6-1-2-7-24(21)32(28,29)27-17-19-5-3-4-18(8-9-19)15-26-16-20-10-11-22-23(14-20)31-13-12-30-22/h1-2,6-7,10-11,14,18-19,26-27H,3-5,8-9,12-13,15-17,25H2/t18-,19-/m0/s1. The van der Waals surface area contributed by atoms with E-state index in [1.54, 1.807) is 24.3 Å². The van der Waals surface area contributed by atoms with Crippen LogP contribution in [0, 0.1) is 11.8 Å². The SMILES string of the molecule is Nc1ccccc1S(=O)(=O)NC[C@H]1CCC[C@H](CNCc2ccc3c(c2)OCCO3)CC1. The molecule has 2 atom stereocenters. The number of fused-ring (bicyclic) bond motifs is 1. The summed E-state index contributed by atoms with van der Waals surface area (Å²) < 4.78 is 39.2. The predicted octanol–water partition coefficient (Wildman–Crippen LogP) is 3.30. The van der Waals surface area contributed by atoms with Crippen LogP contribution in [0.3, 0.4) is 0 Å². The zero-order valence-corrected chi connectivity index (χ0v) is 19.2. The first-order valence-electron chi connectivity index (χ1n) is 11.4. The molecule has 1 aliphatic heterocycles. The summed E-state index contributed by atoms with van der Waals surface area (Å²) in [5.74, 6) is 2.61. The minimum atomic E-state index is -3.57. The lowest BCUT2D eigenvalue weighted by molar-refractivity contribution is 0.171. The molecule has 32 heavy (non-hydrogen) atoms. The number of ether oxygens (including phenoxy) is 2. The highest BCUT2D eigenvalue weighted by Crippen LogP contribution is 2.31. The molecule has 4 rings (SSSR count). The second kappa shape index (κ2) is 10.6. The minimum absolute atomic E-state index is 0.162. The van der Waals surface area contributed by atoms with Crippen molar-refractivity contribution in [3.8, 4) is 11.5 Å². The molecule has 4 N–H and O–H groups in total. The molecule has 8 heteroatoms. The Morgan fingerprint density at radius 2 is 1.62 bits per heavy atom. The van der Waals surface area contributed by atoms with Gasteiger partial charge in [0.2, 0.25) is 10.0 Å². The summed E-state index contributed by atoms with van der Waals surface area (Å²) in [6.07, 6.45) is 5.47. The Morgan fingerprint density at radius 3 is 2.41 bits per heavy atom. The number of rotatable bonds is 8. The van der Waals surface area contributed by atoms with Crippen molar-refractivity contribution in [2.45, 2.75) is 43.5 Å². The molecule has 0 aromatic heterocycles. The van der Waals surface area contributed by atoms with Gasteiger partial charge in [-0.05, 0) is 73.9 Å². The van der Waals surface area contributed by atoms with Crippen LogP contribution in [0.15, 0.2) is 47.4 Å². The second-order valence-electron chi connectivity index (χ2n) is 8.74. The van der Waals surface area contributed by atoms with Crippen LogP contribution in [0.25, 0.3) is 0 Å². The zero-order chi connectivity index (χ0) is 22.4. The highest BCUT2D eigenvalue weighted by atomic mass is 32.2. The van der Waals surface area contributed by atoms with E-state index in [0.29, 0.717) is 31.6 Å². The van der Waals surface area contributed by atoms with Gasteiger partial charge in [-0.2, -0.15) is 0 Å². The quantitative estimate of drug-likeness (QED) is 0.413. The van der Waals surface area contributed by atoms with E-state index in [2.05, 4.69) is 22.2 Å². The Morgan fingerprint density at radius 1 is 0.906 bits per heavy atom. The van der Waals surface area contributed by atoms with E-state index in [1.165, 1.54) is 12.0 Å². The van der Waals surface area contributed by atoms with Crippen LogP contribution >= 0.6 is 0 Å². The fraction of sp³-hybridized carbons (Fsp3) is 0.500. The van der Waals surface area contributed by atoms with Gasteiger partial charge in [0.25, 0.3) is 0 Å². The van der Waals surface area contributed by atoms with Gasteiger partial charge in [0.05, 0.1) is 5.69 Å². The predicted molar refractivity (Wildman–Crippen MR) is 125 cm³/mol. The molecule has 0 saturated heterocycles. The van der Waals surface area contributed by atoms with Crippen molar-refractivity contribution in [1.29, 1.82) is 0 Å². The van der Waals surface area contributed by atoms with Crippen LogP contribution in [-0.2, 0) is 16.6 Å². The van der Waals surface area contributed by atoms with E-state index < -0.39 is 10.0 Å². The molecule has 0 unspecified atom stereocenters. The number of hydrogen-bond acceptors (Lipinski definition) is 6. The van der Waals surface area contributed by atoms with Crippen LogP contribution in [-0.4, -0.2) is 34.7 Å². The number of hydrogen-bond donors (Lipinski definition) is 3. The Labute approximate surface area is 190 Å². The summed E-state index contributed by atoms with van der Waals surface area (Å²) >= 11 is 0. The summed E-state index contributed by atoms with van der Waals surface area (Å²) in [5.41, 5.74) is 7.31. The first kappa shape index (κ1) is 22.9. The van der Waals surface area contributed by atoms with Crippen molar-refractivity contribution in [3.63, 3.8) is 0 Å². The fourth-order valence-corrected chi connectivity index (χ4v) is 5.76. The van der Waals surface area contributed by atoms with Crippen LogP contribution in [0.5, 0.6) is 11.5 Å².